The average Bonchev–Trinajstić information content (AvgIpc) is 2.56. The van der Waals surface area contributed by atoms with Gasteiger partial charge >= 0.3 is 0 Å². The number of rotatable bonds is 8. The number of hydrogen-bond acceptors (Lipinski definition) is 3. The molecular formula is C20H24N2O. The number of nitrogens with zero attached hydrogens (tertiary/aromatic N) is 2. The number of allylic oxidation sites excluding steroid dienone is 2. The summed E-state index contributed by atoms with van der Waals surface area (Å²) in [5, 5.41) is 17.7. The largest absolute Gasteiger partial charge is 0.393 e. The fourth-order valence-corrected chi connectivity index (χ4v) is 2.29. The summed E-state index contributed by atoms with van der Waals surface area (Å²) < 4.78 is 0. The Morgan fingerprint density at radius 2 is 1.91 bits per heavy atom. The lowest BCUT2D eigenvalue weighted by Crippen LogP contribution is -1.97. The molecule has 2 aromatic rings. The Bertz CT molecular complexity index is 628. The molecule has 1 N–H and O–H groups in total. The molecule has 3 nitrogen and oxygen atoms in total. The van der Waals surface area contributed by atoms with Crippen molar-refractivity contribution in [2.24, 2.45) is 0 Å². The summed E-state index contributed by atoms with van der Waals surface area (Å²) in [5.74, 6) is 0. The van der Waals surface area contributed by atoms with Gasteiger partial charge in [-0.2, -0.15) is 10.2 Å². The van der Waals surface area contributed by atoms with Crippen LogP contribution >= 0.6 is 0 Å². The Labute approximate surface area is 138 Å². The van der Waals surface area contributed by atoms with Crippen LogP contribution in [0.3, 0.4) is 0 Å². The highest BCUT2D eigenvalue weighted by Crippen LogP contribution is 2.18. The molecule has 1 atom stereocenters. The van der Waals surface area contributed by atoms with E-state index >= 15 is 0 Å². The van der Waals surface area contributed by atoms with Crippen molar-refractivity contribution in [2.75, 3.05) is 0 Å². The van der Waals surface area contributed by atoms with E-state index in [-0.39, 0.29) is 6.10 Å². The van der Waals surface area contributed by atoms with Crippen molar-refractivity contribution in [3.63, 3.8) is 0 Å². The van der Waals surface area contributed by atoms with Crippen LogP contribution in [0.4, 0.5) is 0 Å². The van der Waals surface area contributed by atoms with Crippen LogP contribution in [0.15, 0.2) is 55.1 Å². The van der Waals surface area contributed by atoms with Gasteiger partial charge in [0.25, 0.3) is 0 Å². The standard InChI is InChI=1S/C20H24N2O/c1-3-7-19-14-15-20(22-21-19)18-12-10-17(11-13-18)9-6-4-5-8-16(2)23/h3,6,9-16,23H,1,4-5,7-8H2,2H3/b9-6+. The molecule has 3 heteroatoms. The normalized spacial score (nSPS) is 12.4. The summed E-state index contributed by atoms with van der Waals surface area (Å²) in [6, 6.07) is 12.3. The van der Waals surface area contributed by atoms with Gasteiger partial charge in [0.2, 0.25) is 0 Å². The Hall–Kier alpha value is -2.26. The molecule has 0 aliphatic carbocycles. The Balaban J connectivity index is 1.93. The van der Waals surface area contributed by atoms with Gasteiger partial charge in [-0.15, -0.1) is 6.58 Å². The number of aromatic nitrogens is 2. The topological polar surface area (TPSA) is 46.0 Å². The van der Waals surface area contributed by atoms with E-state index in [4.69, 9.17) is 0 Å². The molecule has 0 bridgehead atoms. The Kier molecular flexibility index (Phi) is 6.70. The van der Waals surface area contributed by atoms with E-state index in [9.17, 15) is 5.11 Å². The van der Waals surface area contributed by atoms with E-state index in [1.165, 1.54) is 5.56 Å². The molecule has 0 spiro atoms. The summed E-state index contributed by atoms with van der Waals surface area (Å²) >= 11 is 0. The first kappa shape index (κ1) is 17.1. The summed E-state index contributed by atoms with van der Waals surface area (Å²) in [4.78, 5) is 0. The highest BCUT2D eigenvalue weighted by Gasteiger charge is 2.00. The third-order valence-corrected chi connectivity index (χ3v) is 3.58. The van der Waals surface area contributed by atoms with Gasteiger partial charge in [-0.1, -0.05) is 42.5 Å². The second kappa shape index (κ2) is 9.01. The molecule has 0 aliphatic rings. The van der Waals surface area contributed by atoms with Gasteiger partial charge in [0.05, 0.1) is 17.5 Å². The van der Waals surface area contributed by atoms with Crippen LogP contribution in [0.1, 0.15) is 37.4 Å². The molecule has 1 aromatic heterocycles. The van der Waals surface area contributed by atoms with Gasteiger partial charge in [0.15, 0.2) is 0 Å². The lowest BCUT2D eigenvalue weighted by molar-refractivity contribution is 0.182. The molecule has 0 saturated heterocycles. The van der Waals surface area contributed by atoms with Crippen LogP contribution in [-0.4, -0.2) is 21.4 Å². The van der Waals surface area contributed by atoms with Crippen molar-refractivity contribution in [1.29, 1.82) is 0 Å². The summed E-state index contributed by atoms with van der Waals surface area (Å²) in [7, 11) is 0. The van der Waals surface area contributed by atoms with Crippen LogP contribution in [0.2, 0.25) is 0 Å². The minimum atomic E-state index is -0.207. The maximum absolute atomic E-state index is 9.21. The third kappa shape index (κ3) is 5.80. The minimum Gasteiger partial charge on any atom is -0.393 e. The van der Waals surface area contributed by atoms with E-state index < -0.39 is 0 Å². The lowest BCUT2D eigenvalue weighted by Gasteiger charge is -2.02. The first-order valence-corrected chi connectivity index (χ1v) is 8.07. The molecule has 1 unspecified atom stereocenters. The van der Waals surface area contributed by atoms with E-state index in [1.807, 2.05) is 25.1 Å². The molecule has 0 saturated carbocycles. The molecule has 0 aliphatic heterocycles. The van der Waals surface area contributed by atoms with Crippen molar-refractivity contribution >= 4 is 6.08 Å². The van der Waals surface area contributed by atoms with E-state index in [0.29, 0.717) is 0 Å². The zero-order valence-corrected chi connectivity index (χ0v) is 13.7. The fraction of sp³-hybridized carbons (Fsp3) is 0.300. The molecule has 23 heavy (non-hydrogen) atoms. The van der Waals surface area contributed by atoms with Crippen molar-refractivity contribution in [3.8, 4) is 11.3 Å². The lowest BCUT2D eigenvalue weighted by atomic mass is 10.1. The molecule has 120 valence electrons. The van der Waals surface area contributed by atoms with E-state index in [1.54, 1.807) is 0 Å². The van der Waals surface area contributed by atoms with Crippen LogP contribution < -0.4 is 0 Å². The van der Waals surface area contributed by atoms with Crippen LogP contribution in [-0.2, 0) is 6.42 Å². The van der Waals surface area contributed by atoms with Gasteiger partial charge in [-0.25, -0.2) is 0 Å². The highest BCUT2D eigenvalue weighted by atomic mass is 16.3. The molecular weight excluding hydrogens is 284 g/mol. The summed E-state index contributed by atoms with van der Waals surface area (Å²) in [6.45, 7) is 5.53. The van der Waals surface area contributed by atoms with Gasteiger partial charge in [0, 0.05) is 12.0 Å². The number of aliphatic hydroxyl groups is 1. The smallest absolute Gasteiger partial charge is 0.0929 e. The Morgan fingerprint density at radius 3 is 2.52 bits per heavy atom. The second-order valence-electron chi connectivity index (χ2n) is 5.71. The predicted octanol–water partition coefficient (Wildman–Crippen LogP) is 4.44. The van der Waals surface area contributed by atoms with Gasteiger partial charge < -0.3 is 5.11 Å². The molecule has 2 rings (SSSR count). The maximum atomic E-state index is 9.21. The van der Waals surface area contributed by atoms with E-state index in [0.717, 1.165) is 42.6 Å². The number of unbranched alkanes of at least 4 members (excludes halogenated alkanes) is 1. The first-order valence-electron chi connectivity index (χ1n) is 8.07. The van der Waals surface area contributed by atoms with Crippen molar-refractivity contribution < 1.29 is 5.11 Å². The predicted molar refractivity (Wildman–Crippen MR) is 95.9 cm³/mol. The van der Waals surface area contributed by atoms with Crippen LogP contribution in [0.5, 0.6) is 0 Å². The number of aliphatic hydroxyl groups excluding tert-OH is 1. The minimum absolute atomic E-state index is 0.207. The first-order chi connectivity index (χ1) is 11.2. The third-order valence-electron chi connectivity index (χ3n) is 3.58. The van der Waals surface area contributed by atoms with Gasteiger partial charge in [-0.3, -0.25) is 0 Å². The molecule has 1 heterocycles. The van der Waals surface area contributed by atoms with Crippen molar-refractivity contribution in [2.45, 2.75) is 38.7 Å². The van der Waals surface area contributed by atoms with Crippen molar-refractivity contribution in [3.05, 3.63) is 66.4 Å². The summed E-state index contributed by atoms with van der Waals surface area (Å²) in [5.41, 5.74) is 4.04. The quantitative estimate of drug-likeness (QED) is 0.579. The summed E-state index contributed by atoms with van der Waals surface area (Å²) in [6.07, 6.45) is 9.48. The molecule has 0 radical (unpaired) electrons. The zero-order valence-electron chi connectivity index (χ0n) is 13.7. The zero-order chi connectivity index (χ0) is 16.5. The number of hydrogen-bond donors (Lipinski definition) is 1. The Morgan fingerprint density at radius 1 is 1.13 bits per heavy atom. The average molecular weight is 308 g/mol. The molecule has 0 fully saturated rings. The number of benzene rings is 1. The highest BCUT2D eigenvalue weighted by molar-refractivity contribution is 5.62. The monoisotopic (exact) mass is 308 g/mol. The maximum Gasteiger partial charge on any atom is 0.0929 e. The van der Waals surface area contributed by atoms with Gasteiger partial charge in [-0.05, 0) is 43.9 Å². The molecule has 0 amide bonds. The van der Waals surface area contributed by atoms with Crippen molar-refractivity contribution in [1.82, 2.24) is 10.2 Å². The SMILES string of the molecule is C=CCc1ccc(-c2ccc(/C=C/CCCC(C)O)cc2)nn1. The van der Waals surface area contributed by atoms with Crippen LogP contribution in [0, 0.1) is 0 Å². The molecule has 1 aromatic carbocycles. The second-order valence-corrected chi connectivity index (χ2v) is 5.71. The van der Waals surface area contributed by atoms with Crippen LogP contribution in [0.25, 0.3) is 17.3 Å². The van der Waals surface area contributed by atoms with Gasteiger partial charge in [0.1, 0.15) is 0 Å². The van der Waals surface area contributed by atoms with E-state index in [2.05, 4.69) is 53.2 Å². The fourth-order valence-electron chi connectivity index (χ4n) is 2.29.